The molecule has 0 radical (unpaired) electrons. The van der Waals surface area contributed by atoms with E-state index in [0.717, 1.165) is 10.9 Å². The van der Waals surface area contributed by atoms with Crippen LogP contribution in [0.3, 0.4) is 0 Å². The molecule has 0 N–H and O–H groups in total. The minimum Gasteiger partial charge on any atom is -0.493 e. The van der Waals surface area contributed by atoms with Crippen LogP contribution < -0.4 is 4.74 Å². The minimum atomic E-state index is -0.298. The first-order valence-electron chi connectivity index (χ1n) is 4.09. The van der Waals surface area contributed by atoms with Crippen molar-refractivity contribution in [2.45, 2.75) is 12.8 Å². The van der Waals surface area contributed by atoms with Crippen molar-refractivity contribution in [2.24, 2.45) is 0 Å². The van der Waals surface area contributed by atoms with Crippen LogP contribution in [0.15, 0.2) is 18.2 Å². The molecular weight excluding hydrogens is 235 g/mol. The SMILES string of the molecule is COc1c(F)cccc1C(C)CBr. The van der Waals surface area contributed by atoms with E-state index in [0.29, 0.717) is 5.75 Å². The molecule has 0 saturated heterocycles. The van der Waals surface area contributed by atoms with Crippen molar-refractivity contribution in [1.82, 2.24) is 0 Å². The first-order valence-corrected chi connectivity index (χ1v) is 5.21. The Morgan fingerprint density at radius 2 is 2.23 bits per heavy atom. The molecule has 72 valence electrons. The van der Waals surface area contributed by atoms with Crippen LogP contribution in [0.4, 0.5) is 4.39 Å². The zero-order chi connectivity index (χ0) is 9.84. The van der Waals surface area contributed by atoms with Crippen LogP contribution in [-0.4, -0.2) is 12.4 Å². The van der Waals surface area contributed by atoms with Crippen LogP contribution in [0.25, 0.3) is 0 Å². The topological polar surface area (TPSA) is 9.23 Å². The van der Waals surface area contributed by atoms with Gasteiger partial charge in [-0.15, -0.1) is 0 Å². The van der Waals surface area contributed by atoms with E-state index in [-0.39, 0.29) is 11.7 Å². The Kier molecular flexibility index (Phi) is 3.72. The number of benzene rings is 1. The van der Waals surface area contributed by atoms with Gasteiger partial charge in [-0.05, 0) is 12.0 Å². The monoisotopic (exact) mass is 246 g/mol. The Balaban J connectivity index is 3.12. The molecule has 13 heavy (non-hydrogen) atoms. The van der Waals surface area contributed by atoms with Gasteiger partial charge in [-0.2, -0.15) is 0 Å². The number of para-hydroxylation sites is 1. The first-order chi connectivity index (χ1) is 6.20. The predicted octanol–water partition coefficient (Wildman–Crippen LogP) is 3.33. The van der Waals surface area contributed by atoms with Crippen LogP contribution in [-0.2, 0) is 0 Å². The summed E-state index contributed by atoms with van der Waals surface area (Å²) in [5.41, 5.74) is 0.902. The average Bonchev–Trinajstić information content (AvgIpc) is 2.16. The maximum Gasteiger partial charge on any atom is 0.165 e. The van der Waals surface area contributed by atoms with E-state index < -0.39 is 0 Å². The smallest absolute Gasteiger partial charge is 0.165 e. The number of methoxy groups -OCH3 is 1. The molecule has 1 nitrogen and oxygen atoms in total. The van der Waals surface area contributed by atoms with Crippen molar-refractivity contribution in [2.75, 3.05) is 12.4 Å². The fourth-order valence-electron chi connectivity index (χ4n) is 1.21. The molecule has 0 aliphatic heterocycles. The second-order valence-corrected chi connectivity index (χ2v) is 3.57. The lowest BCUT2D eigenvalue weighted by Crippen LogP contribution is -2.00. The van der Waals surface area contributed by atoms with Crippen molar-refractivity contribution in [3.8, 4) is 5.75 Å². The number of ether oxygens (including phenoxy) is 1. The summed E-state index contributed by atoms with van der Waals surface area (Å²) in [7, 11) is 1.49. The summed E-state index contributed by atoms with van der Waals surface area (Å²) < 4.78 is 18.2. The highest BCUT2D eigenvalue weighted by atomic mass is 79.9. The molecule has 1 aromatic carbocycles. The molecular formula is C10H12BrFO. The molecule has 0 fully saturated rings. The second kappa shape index (κ2) is 4.61. The number of halogens is 2. The summed E-state index contributed by atoms with van der Waals surface area (Å²) in [5, 5.41) is 0.798. The van der Waals surface area contributed by atoms with E-state index in [1.807, 2.05) is 13.0 Å². The molecule has 0 aromatic heterocycles. The fourth-order valence-corrected chi connectivity index (χ4v) is 1.56. The Hall–Kier alpha value is -0.570. The van der Waals surface area contributed by atoms with Crippen LogP contribution >= 0.6 is 15.9 Å². The summed E-state index contributed by atoms with van der Waals surface area (Å²) in [6.45, 7) is 2.02. The van der Waals surface area contributed by atoms with Crippen molar-refractivity contribution in [3.05, 3.63) is 29.6 Å². The van der Waals surface area contributed by atoms with Crippen LogP contribution in [0.5, 0.6) is 5.75 Å². The van der Waals surface area contributed by atoms with Crippen molar-refractivity contribution < 1.29 is 9.13 Å². The quantitative estimate of drug-likeness (QED) is 0.744. The maximum absolute atomic E-state index is 13.2. The van der Waals surface area contributed by atoms with Gasteiger partial charge in [0.05, 0.1) is 7.11 Å². The van der Waals surface area contributed by atoms with E-state index in [1.165, 1.54) is 13.2 Å². The Morgan fingerprint density at radius 3 is 2.77 bits per heavy atom. The molecule has 0 saturated carbocycles. The average molecular weight is 247 g/mol. The Labute approximate surface area is 86.0 Å². The predicted molar refractivity (Wildman–Crippen MR) is 55.2 cm³/mol. The zero-order valence-electron chi connectivity index (χ0n) is 7.68. The lowest BCUT2D eigenvalue weighted by atomic mass is 10.0. The van der Waals surface area contributed by atoms with Crippen LogP contribution in [0.1, 0.15) is 18.4 Å². The minimum absolute atomic E-state index is 0.255. The summed E-state index contributed by atoms with van der Waals surface area (Å²) in [5.74, 6) is 0.313. The fraction of sp³-hybridized carbons (Fsp3) is 0.400. The summed E-state index contributed by atoms with van der Waals surface area (Å²) in [6.07, 6.45) is 0. The third-order valence-electron chi connectivity index (χ3n) is 1.96. The molecule has 1 atom stereocenters. The van der Waals surface area contributed by atoms with E-state index in [2.05, 4.69) is 15.9 Å². The molecule has 0 heterocycles. The zero-order valence-corrected chi connectivity index (χ0v) is 9.27. The number of rotatable bonds is 3. The molecule has 0 spiro atoms. The van der Waals surface area contributed by atoms with Crippen LogP contribution in [0.2, 0.25) is 0 Å². The van der Waals surface area contributed by atoms with Gasteiger partial charge in [-0.25, -0.2) is 4.39 Å². The van der Waals surface area contributed by atoms with Gasteiger partial charge in [-0.3, -0.25) is 0 Å². The lowest BCUT2D eigenvalue weighted by Gasteiger charge is -2.13. The highest BCUT2D eigenvalue weighted by Gasteiger charge is 2.13. The standard InChI is InChI=1S/C10H12BrFO/c1-7(6-11)8-4-3-5-9(12)10(8)13-2/h3-5,7H,6H2,1-2H3. The van der Waals surface area contributed by atoms with E-state index >= 15 is 0 Å². The van der Waals surface area contributed by atoms with Gasteiger partial charge in [0, 0.05) is 10.9 Å². The third-order valence-corrected chi connectivity index (χ3v) is 2.94. The second-order valence-electron chi connectivity index (χ2n) is 2.92. The first kappa shape index (κ1) is 10.5. The highest BCUT2D eigenvalue weighted by molar-refractivity contribution is 9.09. The number of alkyl halides is 1. The van der Waals surface area contributed by atoms with Gasteiger partial charge in [0.1, 0.15) is 0 Å². The molecule has 1 aromatic rings. The Bertz CT molecular complexity index is 288. The molecule has 0 amide bonds. The van der Waals surface area contributed by atoms with Gasteiger partial charge in [0.25, 0.3) is 0 Å². The summed E-state index contributed by atoms with van der Waals surface area (Å²) in [6, 6.07) is 4.99. The summed E-state index contributed by atoms with van der Waals surface area (Å²) in [4.78, 5) is 0. The van der Waals surface area contributed by atoms with Gasteiger partial charge >= 0.3 is 0 Å². The summed E-state index contributed by atoms with van der Waals surface area (Å²) >= 11 is 3.36. The van der Waals surface area contributed by atoms with Crippen molar-refractivity contribution in [3.63, 3.8) is 0 Å². The third kappa shape index (κ3) is 2.21. The molecule has 0 aliphatic rings. The molecule has 1 unspecified atom stereocenters. The largest absolute Gasteiger partial charge is 0.493 e. The van der Waals surface area contributed by atoms with E-state index in [9.17, 15) is 4.39 Å². The number of hydrogen-bond acceptors (Lipinski definition) is 1. The normalized spacial score (nSPS) is 12.6. The highest BCUT2D eigenvalue weighted by Crippen LogP contribution is 2.29. The number of hydrogen-bond donors (Lipinski definition) is 0. The lowest BCUT2D eigenvalue weighted by molar-refractivity contribution is 0.379. The van der Waals surface area contributed by atoms with Crippen molar-refractivity contribution >= 4 is 15.9 Å². The molecule has 1 rings (SSSR count). The van der Waals surface area contributed by atoms with Gasteiger partial charge in [-0.1, -0.05) is 35.0 Å². The Morgan fingerprint density at radius 1 is 1.54 bits per heavy atom. The van der Waals surface area contributed by atoms with Gasteiger partial charge in [0.15, 0.2) is 11.6 Å². The van der Waals surface area contributed by atoms with E-state index in [4.69, 9.17) is 4.74 Å². The van der Waals surface area contributed by atoms with E-state index in [1.54, 1.807) is 6.07 Å². The van der Waals surface area contributed by atoms with Gasteiger partial charge < -0.3 is 4.74 Å². The molecule has 3 heteroatoms. The van der Waals surface area contributed by atoms with Gasteiger partial charge in [0.2, 0.25) is 0 Å². The molecule has 0 bridgehead atoms. The van der Waals surface area contributed by atoms with Crippen molar-refractivity contribution in [1.29, 1.82) is 0 Å². The van der Waals surface area contributed by atoms with Crippen LogP contribution in [0, 0.1) is 5.82 Å². The molecule has 0 aliphatic carbocycles. The maximum atomic E-state index is 13.2.